The van der Waals surface area contributed by atoms with Crippen LogP contribution in [0.1, 0.15) is 42.6 Å². The molecule has 0 radical (unpaired) electrons. The summed E-state index contributed by atoms with van der Waals surface area (Å²) in [6.07, 6.45) is -0.274. The van der Waals surface area contributed by atoms with Gasteiger partial charge < -0.3 is 15.0 Å². The van der Waals surface area contributed by atoms with E-state index in [1.165, 1.54) is 0 Å². The Morgan fingerprint density at radius 1 is 1.27 bits per heavy atom. The molecule has 5 heteroatoms. The first-order valence-corrected chi connectivity index (χ1v) is 7.70. The number of ether oxygens (including phenoxy) is 1. The van der Waals surface area contributed by atoms with Gasteiger partial charge in [-0.25, -0.2) is 4.79 Å². The first-order valence-electron chi connectivity index (χ1n) is 7.70. The Bertz CT molecular complexity index is 606. The molecule has 2 heterocycles. The molecule has 1 fully saturated rings. The van der Waals surface area contributed by atoms with Gasteiger partial charge in [-0.15, -0.1) is 0 Å². The third kappa shape index (κ3) is 2.80. The Hall–Kier alpha value is -2.04. The van der Waals surface area contributed by atoms with Crippen LogP contribution in [0.4, 0.5) is 4.79 Å². The molecule has 1 N–H and O–H groups in total. The summed E-state index contributed by atoms with van der Waals surface area (Å²) in [7, 11) is 0. The standard InChI is InChI=1S/C17H22N2O3/c1-17(2,3)22-16(21)19-9-11-8-18-15(20)13-7-5-4-6-12(13)14(11)10-19/h4-7,11,14H,8-10H2,1-3H3,(H,18,20). The zero-order valence-corrected chi connectivity index (χ0v) is 13.3. The topological polar surface area (TPSA) is 58.6 Å². The number of nitrogens with zero attached hydrogens (tertiary/aromatic N) is 1. The van der Waals surface area contributed by atoms with Crippen molar-refractivity contribution < 1.29 is 14.3 Å². The molecule has 1 saturated heterocycles. The van der Waals surface area contributed by atoms with Gasteiger partial charge in [0.1, 0.15) is 5.60 Å². The highest BCUT2D eigenvalue weighted by Crippen LogP contribution is 2.36. The van der Waals surface area contributed by atoms with E-state index in [4.69, 9.17) is 4.74 Å². The maximum atomic E-state index is 12.3. The molecule has 0 aromatic heterocycles. The summed E-state index contributed by atoms with van der Waals surface area (Å²) in [6.45, 7) is 7.43. The third-order valence-electron chi connectivity index (χ3n) is 4.22. The van der Waals surface area contributed by atoms with Crippen molar-refractivity contribution >= 4 is 12.0 Å². The van der Waals surface area contributed by atoms with Crippen LogP contribution in [0.3, 0.4) is 0 Å². The van der Waals surface area contributed by atoms with Crippen LogP contribution in [0.25, 0.3) is 0 Å². The van der Waals surface area contributed by atoms with Crippen LogP contribution in [0.15, 0.2) is 24.3 Å². The summed E-state index contributed by atoms with van der Waals surface area (Å²) >= 11 is 0. The lowest BCUT2D eigenvalue weighted by molar-refractivity contribution is 0.0287. The highest BCUT2D eigenvalue weighted by Gasteiger charge is 2.40. The molecule has 5 nitrogen and oxygen atoms in total. The zero-order chi connectivity index (χ0) is 15.9. The predicted molar refractivity (Wildman–Crippen MR) is 82.8 cm³/mol. The molecular formula is C17H22N2O3. The summed E-state index contributed by atoms with van der Waals surface area (Å²) in [5, 5.41) is 2.96. The fourth-order valence-electron chi connectivity index (χ4n) is 3.25. The number of carbonyl (C=O) groups excluding carboxylic acids is 2. The lowest BCUT2D eigenvalue weighted by Gasteiger charge is -2.24. The minimum atomic E-state index is -0.492. The van der Waals surface area contributed by atoms with Crippen LogP contribution in [0.5, 0.6) is 0 Å². The zero-order valence-electron chi connectivity index (χ0n) is 13.3. The van der Waals surface area contributed by atoms with Gasteiger partial charge in [-0.05, 0) is 32.4 Å². The summed E-state index contributed by atoms with van der Waals surface area (Å²) < 4.78 is 5.47. The van der Waals surface area contributed by atoms with E-state index in [1.54, 1.807) is 4.90 Å². The lowest BCUT2D eigenvalue weighted by Crippen LogP contribution is -2.36. The quantitative estimate of drug-likeness (QED) is 0.800. The van der Waals surface area contributed by atoms with E-state index in [1.807, 2.05) is 45.0 Å². The Morgan fingerprint density at radius 3 is 2.73 bits per heavy atom. The van der Waals surface area contributed by atoms with Gasteiger partial charge in [-0.2, -0.15) is 0 Å². The maximum absolute atomic E-state index is 12.3. The number of fused-ring (bicyclic) bond motifs is 3. The van der Waals surface area contributed by atoms with Crippen LogP contribution in [0.2, 0.25) is 0 Å². The maximum Gasteiger partial charge on any atom is 0.410 e. The fourth-order valence-corrected chi connectivity index (χ4v) is 3.25. The third-order valence-corrected chi connectivity index (χ3v) is 4.22. The van der Waals surface area contributed by atoms with Crippen molar-refractivity contribution in [1.29, 1.82) is 0 Å². The monoisotopic (exact) mass is 302 g/mol. The average molecular weight is 302 g/mol. The van der Waals surface area contributed by atoms with Crippen molar-refractivity contribution in [2.45, 2.75) is 32.3 Å². The van der Waals surface area contributed by atoms with Crippen molar-refractivity contribution in [2.75, 3.05) is 19.6 Å². The van der Waals surface area contributed by atoms with Crippen molar-refractivity contribution in [3.05, 3.63) is 35.4 Å². The minimum Gasteiger partial charge on any atom is -0.444 e. The molecular weight excluding hydrogens is 280 g/mol. The lowest BCUT2D eigenvalue weighted by atomic mass is 9.87. The molecule has 2 aliphatic heterocycles. The molecule has 3 rings (SSSR count). The van der Waals surface area contributed by atoms with E-state index >= 15 is 0 Å². The Morgan fingerprint density at radius 2 is 2.00 bits per heavy atom. The summed E-state index contributed by atoms with van der Waals surface area (Å²) in [6, 6.07) is 7.67. The second kappa shape index (κ2) is 5.30. The van der Waals surface area contributed by atoms with E-state index in [0.29, 0.717) is 19.6 Å². The molecule has 22 heavy (non-hydrogen) atoms. The van der Waals surface area contributed by atoms with Gasteiger partial charge in [0.2, 0.25) is 0 Å². The summed E-state index contributed by atoms with van der Waals surface area (Å²) in [5.41, 5.74) is 1.27. The van der Waals surface area contributed by atoms with Gasteiger partial charge in [0.05, 0.1) is 0 Å². The van der Waals surface area contributed by atoms with Crippen LogP contribution in [0, 0.1) is 5.92 Å². The Kier molecular flexibility index (Phi) is 3.59. The van der Waals surface area contributed by atoms with Gasteiger partial charge >= 0.3 is 6.09 Å². The first-order chi connectivity index (χ1) is 10.3. The van der Waals surface area contributed by atoms with Gasteiger partial charge in [0.25, 0.3) is 5.91 Å². The summed E-state index contributed by atoms with van der Waals surface area (Å²) in [4.78, 5) is 26.2. The molecule has 2 unspecified atom stereocenters. The normalized spacial score (nSPS) is 24.1. The highest BCUT2D eigenvalue weighted by molar-refractivity contribution is 5.96. The second-order valence-corrected chi connectivity index (χ2v) is 7.05. The molecule has 0 saturated carbocycles. The fraction of sp³-hybridized carbons (Fsp3) is 0.529. The van der Waals surface area contributed by atoms with Gasteiger partial charge in [-0.1, -0.05) is 18.2 Å². The van der Waals surface area contributed by atoms with Gasteiger partial charge in [0.15, 0.2) is 0 Å². The highest BCUT2D eigenvalue weighted by atomic mass is 16.6. The van der Waals surface area contributed by atoms with Gasteiger partial charge in [0, 0.05) is 37.0 Å². The van der Waals surface area contributed by atoms with Crippen LogP contribution in [-0.2, 0) is 4.74 Å². The second-order valence-electron chi connectivity index (χ2n) is 7.05. The van der Waals surface area contributed by atoms with Crippen LogP contribution >= 0.6 is 0 Å². The minimum absolute atomic E-state index is 0.0196. The first kappa shape index (κ1) is 14.9. The van der Waals surface area contributed by atoms with Crippen molar-refractivity contribution in [3.63, 3.8) is 0 Å². The molecule has 2 atom stereocenters. The van der Waals surface area contributed by atoms with E-state index in [9.17, 15) is 9.59 Å². The van der Waals surface area contributed by atoms with Crippen molar-refractivity contribution in [1.82, 2.24) is 10.2 Å². The number of hydrogen-bond donors (Lipinski definition) is 1. The predicted octanol–water partition coefficient (Wildman–Crippen LogP) is 2.38. The number of carbonyl (C=O) groups is 2. The molecule has 0 aliphatic carbocycles. The van der Waals surface area contributed by atoms with E-state index in [-0.39, 0.29) is 23.8 Å². The molecule has 2 aliphatic rings. The molecule has 1 aromatic rings. The summed E-state index contributed by atoms with van der Waals surface area (Å²) in [5.74, 6) is 0.400. The smallest absolute Gasteiger partial charge is 0.410 e. The number of rotatable bonds is 0. The SMILES string of the molecule is CC(C)(C)OC(=O)N1CC2CNC(=O)c3ccccc3C2C1. The largest absolute Gasteiger partial charge is 0.444 e. The molecule has 118 valence electrons. The van der Waals surface area contributed by atoms with E-state index in [2.05, 4.69) is 5.32 Å². The van der Waals surface area contributed by atoms with Crippen LogP contribution < -0.4 is 5.32 Å². The average Bonchev–Trinajstić information content (AvgIpc) is 2.82. The molecule has 2 amide bonds. The van der Waals surface area contributed by atoms with E-state index < -0.39 is 5.60 Å². The van der Waals surface area contributed by atoms with Crippen LogP contribution in [-0.4, -0.2) is 42.1 Å². The molecule has 0 spiro atoms. The van der Waals surface area contributed by atoms with Crippen molar-refractivity contribution in [2.24, 2.45) is 5.92 Å². The molecule has 0 bridgehead atoms. The number of nitrogens with one attached hydrogen (secondary N) is 1. The van der Waals surface area contributed by atoms with Crippen molar-refractivity contribution in [3.8, 4) is 0 Å². The number of likely N-dealkylation sites (tertiary alicyclic amines) is 1. The number of hydrogen-bond acceptors (Lipinski definition) is 3. The van der Waals surface area contributed by atoms with E-state index in [0.717, 1.165) is 11.1 Å². The number of amides is 2. The Labute approximate surface area is 130 Å². The number of benzene rings is 1. The van der Waals surface area contributed by atoms with Gasteiger partial charge in [-0.3, -0.25) is 4.79 Å². The Balaban J connectivity index is 1.83. The molecule has 1 aromatic carbocycles.